The van der Waals surface area contributed by atoms with E-state index >= 15 is 0 Å². The Labute approximate surface area is 120 Å². The predicted molar refractivity (Wildman–Crippen MR) is 76.4 cm³/mol. The summed E-state index contributed by atoms with van der Waals surface area (Å²) in [6, 6.07) is 2.38. The molecule has 1 aliphatic carbocycles. The van der Waals surface area contributed by atoms with Gasteiger partial charge in [-0.25, -0.2) is 0 Å². The van der Waals surface area contributed by atoms with Crippen LogP contribution in [0.1, 0.15) is 38.3 Å². The van der Waals surface area contributed by atoms with E-state index in [1.807, 2.05) is 6.07 Å². The molecule has 2 fully saturated rings. The molecule has 1 aromatic rings. The second kappa shape index (κ2) is 6.24. The standard InChI is InChI=1S/C15H25N3O2/c1-13(16-12-14-4-9-20-17-14)15(5-2-3-6-15)18-7-10-19-11-8-18/h4,9,13,16H,2-3,5-8,10-12H2,1H3/t13-/m1/s1. The van der Waals surface area contributed by atoms with Crippen LogP contribution in [0.25, 0.3) is 0 Å². The van der Waals surface area contributed by atoms with E-state index in [2.05, 4.69) is 22.3 Å². The van der Waals surface area contributed by atoms with Gasteiger partial charge in [-0.3, -0.25) is 4.90 Å². The van der Waals surface area contributed by atoms with E-state index in [-0.39, 0.29) is 0 Å². The van der Waals surface area contributed by atoms with Crippen molar-refractivity contribution in [2.24, 2.45) is 0 Å². The lowest BCUT2D eigenvalue weighted by molar-refractivity contribution is -0.0335. The fourth-order valence-corrected chi connectivity index (χ4v) is 3.80. The maximum absolute atomic E-state index is 5.52. The molecule has 5 heteroatoms. The first-order valence-electron chi connectivity index (χ1n) is 7.77. The molecule has 0 radical (unpaired) electrons. The Morgan fingerprint density at radius 2 is 2.10 bits per heavy atom. The summed E-state index contributed by atoms with van der Waals surface area (Å²) >= 11 is 0. The molecule has 1 saturated heterocycles. The van der Waals surface area contributed by atoms with E-state index in [1.54, 1.807) is 6.26 Å². The summed E-state index contributed by atoms with van der Waals surface area (Å²) in [6.45, 7) is 6.98. The third kappa shape index (κ3) is 2.75. The molecule has 0 aromatic carbocycles. The van der Waals surface area contributed by atoms with E-state index in [9.17, 15) is 0 Å². The third-order valence-electron chi connectivity index (χ3n) is 5.00. The Morgan fingerprint density at radius 1 is 1.35 bits per heavy atom. The van der Waals surface area contributed by atoms with Crippen molar-refractivity contribution in [2.45, 2.75) is 50.7 Å². The molecule has 0 bridgehead atoms. The van der Waals surface area contributed by atoms with Crippen molar-refractivity contribution in [1.29, 1.82) is 0 Å². The molecule has 1 N–H and O–H groups in total. The molecule has 2 aliphatic rings. The maximum atomic E-state index is 5.52. The molecule has 3 rings (SSSR count). The highest BCUT2D eigenvalue weighted by Crippen LogP contribution is 2.38. The van der Waals surface area contributed by atoms with E-state index in [0.29, 0.717) is 11.6 Å². The highest BCUT2D eigenvalue weighted by atomic mass is 16.5. The number of aromatic nitrogens is 1. The van der Waals surface area contributed by atoms with Crippen molar-refractivity contribution in [1.82, 2.24) is 15.4 Å². The fourth-order valence-electron chi connectivity index (χ4n) is 3.80. The van der Waals surface area contributed by atoms with E-state index in [1.165, 1.54) is 25.7 Å². The minimum Gasteiger partial charge on any atom is -0.379 e. The van der Waals surface area contributed by atoms with Gasteiger partial charge in [-0.2, -0.15) is 0 Å². The minimum absolute atomic E-state index is 0.299. The normalized spacial score (nSPS) is 24.9. The number of nitrogens with one attached hydrogen (secondary N) is 1. The SMILES string of the molecule is C[C@@H](NCc1ccon1)C1(N2CCOCC2)CCCC1. The van der Waals surface area contributed by atoms with Crippen LogP contribution in [0.4, 0.5) is 0 Å². The molecule has 112 valence electrons. The summed E-state index contributed by atoms with van der Waals surface area (Å²) in [7, 11) is 0. The zero-order valence-corrected chi connectivity index (χ0v) is 12.3. The predicted octanol–water partition coefficient (Wildman–Crippen LogP) is 1.80. The lowest BCUT2D eigenvalue weighted by Crippen LogP contribution is -2.61. The largest absolute Gasteiger partial charge is 0.379 e. The van der Waals surface area contributed by atoms with Gasteiger partial charge in [-0.05, 0) is 19.8 Å². The van der Waals surface area contributed by atoms with Crippen LogP contribution in [0.5, 0.6) is 0 Å². The molecule has 1 saturated carbocycles. The van der Waals surface area contributed by atoms with Gasteiger partial charge in [0.1, 0.15) is 6.26 Å². The molecule has 0 amide bonds. The van der Waals surface area contributed by atoms with Gasteiger partial charge in [-0.1, -0.05) is 18.0 Å². The number of hydrogen-bond acceptors (Lipinski definition) is 5. The van der Waals surface area contributed by atoms with Gasteiger partial charge >= 0.3 is 0 Å². The molecule has 0 spiro atoms. The summed E-state index contributed by atoms with van der Waals surface area (Å²) in [5.41, 5.74) is 1.28. The van der Waals surface area contributed by atoms with Crippen molar-refractivity contribution in [3.8, 4) is 0 Å². The van der Waals surface area contributed by atoms with Gasteiger partial charge in [0.15, 0.2) is 0 Å². The summed E-state index contributed by atoms with van der Waals surface area (Å²) < 4.78 is 10.4. The Kier molecular flexibility index (Phi) is 4.38. The van der Waals surface area contributed by atoms with Crippen LogP contribution in [0.2, 0.25) is 0 Å². The summed E-state index contributed by atoms with van der Waals surface area (Å²) in [4.78, 5) is 2.66. The molecule has 1 aromatic heterocycles. The summed E-state index contributed by atoms with van der Waals surface area (Å²) in [6.07, 6.45) is 6.90. The first-order chi connectivity index (χ1) is 9.81. The minimum atomic E-state index is 0.299. The van der Waals surface area contributed by atoms with Crippen LogP contribution < -0.4 is 5.32 Å². The molecule has 1 atom stereocenters. The molecule has 1 aliphatic heterocycles. The van der Waals surface area contributed by atoms with E-state index in [0.717, 1.165) is 38.5 Å². The zero-order chi connectivity index (χ0) is 13.8. The van der Waals surface area contributed by atoms with Crippen LogP contribution >= 0.6 is 0 Å². The Balaban J connectivity index is 1.65. The first-order valence-corrected chi connectivity index (χ1v) is 7.77. The third-order valence-corrected chi connectivity index (χ3v) is 5.00. The van der Waals surface area contributed by atoms with Crippen LogP contribution in [-0.4, -0.2) is 47.9 Å². The number of ether oxygens (including phenoxy) is 1. The number of rotatable bonds is 5. The van der Waals surface area contributed by atoms with Crippen molar-refractivity contribution < 1.29 is 9.26 Å². The van der Waals surface area contributed by atoms with Gasteiger partial charge in [0, 0.05) is 37.3 Å². The number of morpholine rings is 1. The van der Waals surface area contributed by atoms with Gasteiger partial charge in [0.05, 0.1) is 18.9 Å². The van der Waals surface area contributed by atoms with Gasteiger partial charge < -0.3 is 14.6 Å². The monoisotopic (exact) mass is 279 g/mol. The Hall–Kier alpha value is -0.910. The zero-order valence-electron chi connectivity index (χ0n) is 12.3. The van der Waals surface area contributed by atoms with Gasteiger partial charge in [0.2, 0.25) is 0 Å². The summed E-state index contributed by atoms with van der Waals surface area (Å²) in [5.74, 6) is 0. The molecular weight excluding hydrogens is 254 g/mol. The number of hydrogen-bond donors (Lipinski definition) is 1. The average molecular weight is 279 g/mol. The van der Waals surface area contributed by atoms with E-state index in [4.69, 9.17) is 9.26 Å². The topological polar surface area (TPSA) is 50.5 Å². The second-order valence-corrected chi connectivity index (χ2v) is 6.00. The Bertz CT molecular complexity index is 395. The molecule has 5 nitrogen and oxygen atoms in total. The molecule has 20 heavy (non-hydrogen) atoms. The van der Waals surface area contributed by atoms with Crippen molar-refractivity contribution in [2.75, 3.05) is 26.3 Å². The summed E-state index contributed by atoms with van der Waals surface area (Å²) in [5, 5.41) is 7.64. The maximum Gasteiger partial charge on any atom is 0.124 e. The molecule has 2 heterocycles. The lowest BCUT2D eigenvalue weighted by atomic mass is 9.86. The molecule has 0 unspecified atom stereocenters. The van der Waals surface area contributed by atoms with Crippen LogP contribution in [0.15, 0.2) is 16.9 Å². The fraction of sp³-hybridized carbons (Fsp3) is 0.800. The van der Waals surface area contributed by atoms with Crippen molar-refractivity contribution in [3.05, 3.63) is 18.0 Å². The second-order valence-electron chi connectivity index (χ2n) is 6.00. The lowest BCUT2D eigenvalue weighted by Gasteiger charge is -2.47. The highest BCUT2D eigenvalue weighted by molar-refractivity contribution is 5.04. The Morgan fingerprint density at radius 3 is 2.75 bits per heavy atom. The quantitative estimate of drug-likeness (QED) is 0.890. The van der Waals surface area contributed by atoms with Gasteiger partial charge in [-0.15, -0.1) is 0 Å². The van der Waals surface area contributed by atoms with Crippen molar-refractivity contribution in [3.63, 3.8) is 0 Å². The van der Waals surface area contributed by atoms with Crippen LogP contribution in [0.3, 0.4) is 0 Å². The smallest absolute Gasteiger partial charge is 0.124 e. The highest BCUT2D eigenvalue weighted by Gasteiger charge is 2.44. The van der Waals surface area contributed by atoms with E-state index < -0.39 is 0 Å². The first kappa shape index (κ1) is 14.0. The molecular formula is C15H25N3O2. The van der Waals surface area contributed by atoms with Crippen molar-refractivity contribution >= 4 is 0 Å². The average Bonchev–Trinajstić information content (AvgIpc) is 3.18. The number of nitrogens with zero attached hydrogens (tertiary/aromatic N) is 2. The van der Waals surface area contributed by atoms with Crippen LogP contribution in [0, 0.1) is 0 Å². The van der Waals surface area contributed by atoms with Gasteiger partial charge in [0.25, 0.3) is 0 Å². The van der Waals surface area contributed by atoms with Crippen LogP contribution in [-0.2, 0) is 11.3 Å².